The van der Waals surface area contributed by atoms with E-state index >= 15 is 0 Å². The molecule has 0 aromatic carbocycles. The second kappa shape index (κ2) is 9.47. The molecular weight excluding hydrogens is 482 g/mol. The quantitative estimate of drug-likeness (QED) is 0.487. The molecule has 1 aliphatic carbocycles. The maximum absolute atomic E-state index is 12.3. The van der Waals surface area contributed by atoms with Crippen LogP contribution in [0.3, 0.4) is 0 Å². The number of sulfone groups is 1. The van der Waals surface area contributed by atoms with Crippen molar-refractivity contribution in [2.75, 3.05) is 12.8 Å². The zero-order valence-corrected chi connectivity index (χ0v) is 20.8. The van der Waals surface area contributed by atoms with Gasteiger partial charge in [-0.1, -0.05) is 6.08 Å². The van der Waals surface area contributed by atoms with Crippen molar-refractivity contribution in [1.29, 1.82) is 0 Å². The normalized spacial score (nSPS) is 21.4. The third-order valence-corrected chi connectivity index (χ3v) is 7.62. The summed E-state index contributed by atoms with van der Waals surface area (Å²) in [6, 6.07) is 4.96. The Balaban J connectivity index is 1.53. The molecule has 3 aromatic heterocycles. The molecule has 0 bridgehead atoms. The molecule has 2 unspecified atom stereocenters. The van der Waals surface area contributed by atoms with Gasteiger partial charge >= 0.3 is 0 Å². The number of hydrogen-bond acceptors (Lipinski definition) is 8. The lowest BCUT2D eigenvalue weighted by Gasteiger charge is -2.34. The Labute approximate surface area is 208 Å². The van der Waals surface area contributed by atoms with Crippen LogP contribution in [0.25, 0.3) is 23.5 Å². The largest absolute Gasteiger partial charge is 0.484 e. The van der Waals surface area contributed by atoms with Gasteiger partial charge in [-0.2, -0.15) is 0 Å². The van der Waals surface area contributed by atoms with Crippen molar-refractivity contribution in [3.05, 3.63) is 53.1 Å². The van der Waals surface area contributed by atoms with E-state index in [1.807, 2.05) is 17.0 Å². The van der Waals surface area contributed by atoms with Gasteiger partial charge in [0.05, 0.1) is 36.6 Å². The number of likely N-dealkylation sites (tertiary alicyclic amines) is 1. The zero-order valence-electron chi connectivity index (χ0n) is 20.0. The monoisotopic (exact) mass is 509 g/mol. The summed E-state index contributed by atoms with van der Waals surface area (Å²) < 4.78 is 29.9. The van der Waals surface area contributed by atoms with Crippen LogP contribution in [-0.4, -0.2) is 69.2 Å². The lowest BCUT2D eigenvalue weighted by Crippen LogP contribution is -2.47. The van der Waals surface area contributed by atoms with Crippen LogP contribution in [0.5, 0.6) is 5.75 Å². The first-order valence-corrected chi connectivity index (χ1v) is 13.6. The highest BCUT2D eigenvalue weighted by atomic mass is 32.2. The Morgan fingerprint density at radius 1 is 1.19 bits per heavy atom. The van der Waals surface area contributed by atoms with Gasteiger partial charge in [0.15, 0.2) is 14.9 Å². The Morgan fingerprint density at radius 2 is 2.03 bits per heavy atom. The van der Waals surface area contributed by atoms with Crippen LogP contribution in [0, 0.1) is 5.92 Å². The van der Waals surface area contributed by atoms with Gasteiger partial charge in [-0.3, -0.25) is 14.8 Å². The minimum Gasteiger partial charge on any atom is -0.484 e. The molecule has 10 nitrogen and oxygen atoms in total. The molecular formula is C25H27N5O5S. The van der Waals surface area contributed by atoms with E-state index in [1.54, 1.807) is 19.2 Å². The summed E-state index contributed by atoms with van der Waals surface area (Å²) >= 11 is 0. The van der Waals surface area contributed by atoms with Crippen molar-refractivity contribution in [3.63, 3.8) is 0 Å². The Morgan fingerprint density at radius 3 is 2.67 bits per heavy atom. The predicted octanol–water partition coefficient (Wildman–Crippen LogP) is 0.412. The van der Waals surface area contributed by atoms with Gasteiger partial charge in [-0.05, 0) is 42.3 Å². The number of carbonyl (C=O) groups is 1. The van der Waals surface area contributed by atoms with E-state index < -0.39 is 15.9 Å². The fourth-order valence-corrected chi connectivity index (χ4v) is 5.45. The van der Waals surface area contributed by atoms with Gasteiger partial charge in [0.25, 0.3) is 0 Å². The maximum Gasteiger partial charge on any atom is 0.219 e. The molecule has 4 heterocycles. The van der Waals surface area contributed by atoms with E-state index in [1.165, 1.54) is 18.5 Å². The van der Waals surface area contributed by atoms with Crippen LogP contribution in [0.2, 0.25) is 0 Å². The number of ether oxygens (including phenoxy) is 1. The van der Waals surface area contributed by atoms with Crippen LogP contribution >= 0.6 is 0 Å². The lowest BCUT2D eigenvalue weighted by atomic mass is 9.88. The molecule has 5 rings (SSSR count). The van der Waals surface area contributed by atoms with E-state index in [2.05, 4.69) is 26.0 Å². The minimum absolute atomic E-state index is 0.0185. The number of aromatic nitrogens is 4. The Bertz CT molecular complexity index is 1500. The number of fused-ring (bicyclic) bond motifs is 1. The molecule has 1 saturated heterocycles. The number of aliphatic hydroxyl groups excluding tert-OH is 1. The number of nitrogens with zero attached hydrogens (tertiary/aromatic N) is 4. The summed E-state index contributed by atoms with van der Waals surface area (Å²) in [7, 11) is -3.42. The van der Waals surface area contributed by atoms with E-state index in [4.69, 9.17) is 4.74 Å². The van der Waals surface area contributed by atoms with E-state index in [0.717, 1.165) is 35.4 Å². The fraction of sp³-hybridized carbons (Fsp3) is 0.360. The van der Waals surface area contributed by atoms with Crippen LogP contribution in [0.1, 0.15) is 25.5 Å². The fourth-order valence-electron chi connectivity index (χ4n) is 4.89. The maximum atomic E-state index is 12.3. The number of carbonyl (C=O) groups excluding carboxylic acids is 1. The molecule has 1 amide bonds. The Hall–Kier alpha value is -3.57. The van der Waals surface area contributed by atoms with Crippen molar-refractivity contribution in [3.8, 4) is 17.1 Å². The minimum atomic E-state index is -3.42. The topological polar surface area (TPSA) is 138 Å². The smallest absolute Gasteiger partial charge is 0.219 e. The third-order valence-electron chi connectivity index (χ3n) is 6.62. The van der Waals surface area contributed by atoms with E-state index in [-0.39, 0.29) is 29.5 Å². The third kappa shape index (κ3) is 4.76. The molecule has 11 heteroatoms. The van der Waals surface area contributed by atoms with Crippen molar-refractivity contribution < 1.29 is 23.1 Å². The first kappa shape index (κ1) is 24.1. The van der Waals surface area contributed by atoms with Gasteiger partial charge in [-0.25, -0.2) is 13.4 Å². The van der Waals surface area contributed by atoms with Crippen molar-refractivity contribution >= 4 is 27.9 Å². The number of aliphatic hydroxyl groups is 1. The summed E-state index contributed by atoms with van der Waals surface area (Å²) in [6.07, 6.45) is 11.2. The molecule has 0 spiro atoms. The van der Waals surface area contributed by atoms with Crippen molar-refractivity contribution in [2.24, 2.45) is 5.92 Å². The summed E-state index contributed by atoms with van der Waals surface area (Å²) in [6.45, 7) is 2.11. The lowest BCUT2D eigenvalue weighted by molar-refractivity contribution is -0.130. The van der Waals surface area contributed by atoms with Gasteiger partial charge < -0.3 is 19.7 Å². The van der Waals surface area contributed by atoms with Crippen LogP contribution in [0.15, 0.2) is 41.8 Å². The number of aromatic amines is 1. The molecule has 3 aromatic rings. The highest BCUT2D eigenvalue weighted by Gasteiger charge is 2.38. The molecule has 36 heavy (non-hydrogen) atoms. The van der Waals surface area contributed by atoms with Crippen molar-refractivity contribution in [2.45, 2.75) is 43.5 Å². The van der Waals surface area contributed by atoms with Gasteiger partial charge in [-0.15, -0.1) is 0 Å². The second-order valence-corrected chi connectivity index (χ2v) is 11.1. The SMILES string of the molecule is CC(=O)N1CCC[C@@H]1C1C=c2[nH]c(-c3cnc(CO)cn3)cc2=CC1Oc1ccc(S(C)(=O)=O)nc1. The highest BCUT2D eigenvalue weighted by Crippen LogP contribution is 2.31. The average Bonchev–Trinajstić information content (AvgIpc) is 3.50. The standard InChI is InChI=1S/C25H27N5O5S/c1-15(32)30-7-3-4-23(30)19-10-20-16(8-21(29-20)22-13-26-17(14-31)11-27-22)9-24(19)35-18-5-6-25(28-12-18)36(2,33)34/h5-6,8-13,19,23-24,29,31H,3-4,7,14H2,1-2H3/t19?,23-,24?/m1/s1. The number of rotatable bonds is 6. The van der Waals surface area contributed by atoms with Gasteiger partial charge in [0.1, 0.15) is 17.5 Å². The Kier molecular flexibility index (Phi) is 6.35. The molecule has 3 atom stereocenters. The summed E-state index contributed by atoms with van der Waals surface area (Å²) in [5, 5.41) is 11.0. The number of amides is 1. The van der Waals surface area contributed by atoms with Crippen LogP contribution in [0.4, 0.5) is 0 Å². The molecule has 0 radical (unpaired) electrons. The van der Waals surface area contributed by atoms with Gasteiger partial charge in [0, 0.05) is 37.0 Å². The molecule has 0 saturated carbocycles. The van der Waals surface area contributed by atoms with Crippen LogP contribution in [-0.2, 0) is 21.2 Å². The number of H-pyrrole nitrogens is 1. The summed E-state index contributed by atoms with van der Waals surface area (Å²) in [5.41, 5.74) is 1.91. The highest BCUT2D eigenvalue weighted by molar-refractivity contribution is 7.90. The molecule has 1 fully saturated rings. The summed E-state index contributed by atoms with van der Waals surface area (Å²) in [4.78, 5) is 30.3. The zero-order chi connectivity index (χ0) is 25.4. The number of hydrogen-bond donors (Lipinski definition) is 2. The molecule has 2 aliphatic rings. The van der Waals surface area contributed by atoms with E-state index in [9.17, 15) is 18.3 Å². The number of pyridine rings is 1. The van der Waals surface area contributed by atoms with Crippen LogP contribution < -0.4 is 15.3 Å². The summed E-state index contributed by atoms with van der Waals surface area (Å²) in [5.74, 6) is 0.341. The first-order valence-electron chi connectivity index (χ1n) is 11.7. The molecule has 1 aliphatic heterocycles. The second-order valence-electron chi connectivity index (χ2n) is 9.12. The predicted molar refractivity (Wildman–Crippen MR) is 132 cm³/mol. The number of nitrogens with one attached hydrogen (secondary N) is 1. The van der Waals surface area contributed by atoms with Crippen molar-refractivity contribution in [1.82, 2.24) is 24.8 Å². The van der Waals surface area contributed by atoms with Gasteiger partial charge in [0.2, 0.25) is 5.91 Å². The molecule has 188 valence electrons. The average molecular weight is 510 g/mol. The van der Waals surface area contributed by atoms with E-state index in [0.29, 0.717) is 23.7 Å². The molecule has 2 N–H and O–H groups in total. The first-order chi connectivity index (χ1) is 17.2.